The first-order valence-electron chi connectivity index (χ1n) is 22.5. The molecule has 338 valence electrons. The number of hydrogen-bond acceptors (Lipinski definition) is 9. The number of carbonyl (C=O) groups is 1. The predicted octanol–water partition coefficient (Wildman–Crippen LogP) is 6.98. The number of ether oxygens (including phenoxy) is 1. The van der Waals surface area contributed by atoms with E-state index in [9.17, 15) is 9.59 Å². The molecule has 16 nitrogen and oxygen atoms in total. The molecule has 66 heavy (non-hydrogen) atoms. The van der Waals surface area contributed by atoms with Gasteiger partial charge in [-0.2, -0.15) is 10.2 Å². The number of rotatable bonds is 7. The average molecular weight is 896 g/mol. The summed E-state index contributed by atoms with van der Waals surface area (Å²) in [5.41, 5.74) is 3.64. The first-order chi connectivity index (χ1) is 31.6. The van der Waals surface area contributed by atoms with Crippen LogP contribution in [-0.4, -0.2) is 77.4 Å². The van der Waals surface area contributed by atoms with E-state index in [0.717, 1.165) is 23.8 Å². The fourth-order valence-corrected chi connectivity index (χ4v) is 11.5. The maximum atomic E-state index is 16.2. The third-order valence-corrected chi connectivity index (χ3v) is 14.8. The van der Waals surface area contributed by atoms with Gasteiger partial charge in [0.05, 0.1) is 45.8 Å². The Hall–Kier alpha value is -6.95. The van der Waals surface area contributed by atoms with Gasteiger partial charge in [0.15, 0.2) is 11.6 Å². The molecule has 18 heteroatoms. The van der Waals surface area contributed by atoms with Crippen molar-refractivity contribution in [1.82, 2.24) is 53.3 Å². The Morgan fingerprint density at radius 3 is 2.45 bits per heavy atom. The van der Waals surface area contributed by atoms with Crippen LogP contribution in [0.25, 0.3) is 39.1 Å². The topological polar surface area (TPSA) is 169 Å². The Morgan fingerprint density at radius 2 is 1.73 bits per heavy atom. The van der Waals surface area contributed by atoms with Crippen molar-refractivity contribution in [2.24, 2.45) is 13.0 Å². The number of nitrogens with one attached hydrogen (secondary N) is 1. The van der Waals surface area contributed by atoms with Crippen LogP contribution in [0.4, 0.5) is 8.78 Å². The van der Waals surface area contributed by atoms with Gasteiger partial charge in [-0.05, 0) is 125 Å². The minimum absolute atomic E-state index is 0.0325. The molecule has 3 aliphatic heterocycles. The van der Waals surface area contributed by atoms with Gasteiger partial charge in [0.1, 0.15) is 28.5 Å². The minimum atomic E-state index is -0.910. The van der Waals surface area contributed by atoms with Crippen molar-refractivity contribution in [1.29, 1.82) is 0 Å². The number of pyridine rings is 1. The van der Waals surface area contributed by atoms with E-state index in [-0.39, 0.29) is 46.3 Å². The van der Waals surface area contributed by atoms with E-state index in [2.05, 4.69) is 35.2 Å². The Balaban J connectivity index is 1.02. The Kier molecular flexibility index (Phi) is 8.62. The van der Waals surface area contributed by atoms with E-state index in [4.69, 9.17) is 19.3 Å². The van der Waals surface area contributed by atoms with Gasteiger partial charge in [-0.1, -0.05) is 12.1 Å². The predicted molar refractivity (Wildman–Crippen MR) is 238 cm³/mol. The van der Waals surface area contributed by atoms with Gasteiger partial charge < -0.3 is 14.2 Å². The van der Waals surface area contributed by atoms with Crippen molar-refractivity contribution < 1.29 is 22.8 Å². The molecule has 1 amide bonds. The van der Waals surface area contributed by atoms with Crippen molar-refractivity contribution in [3.8, 4) is 17.2 Å². The standard InChI is InChI=1S/C48H47F2N11O5/c1-24-15-31(16-25(2)39(24)49)61-42(58-13-12-57(46(58)64)36-10-9-34-32(40(36)50)23-52-56(34)6)38-33(54-61)19-30-7-8-35(38)59(30)43(62)37-18-28-17-29(27-11-14-65-47(4,5)21-27)22-51-41(28)60(37)48(20-26(48)3)44-53-45(63)66-55-44/h9-10,12-13,15-18,22-23,26-27,30,35H,7-8,11,14,19-21H2,1-6H3,(H,53,55,63)/t26-,27?,30+,35-,48-/m0/s1. The number of aromatic nitrogens is 10. The number of carbonyl (C=O) groups excluding carboxylic acids is 1. The van der Waals surface area contributed by atoms with E-state index < -0.39 is 28.8 Å². The maximum Gasteiger partial charge on any atom is 0.438 e. The second kappa shape index (κ2) is 14.0. The fourth-order valence-electron chi connectivity index (χ4n) is 11.5. The highest BCUT2D eigenvalue weighted by Gasteiger charge is 2.60. The fraction of sp³-hybridized carbons (Fsp3) is 0.396. The summed E-state index contributed by atoms with van der Waals surface area (Å²) in [6.07, 6.45) is 10.3. The number of halogens is 2. The molecule has 0 radical (unpaired) electrons. The van der Waals surface area contributed by atoms with Crippen LogP contribution in [0.3, 0.4) is 0 Å². The molecule has 1 aliphatic carbocycles. The number of nitrogens with zero attached hydrogens (tertiary/aromatic N) is 10. The summed E-state index contributed by atoms with van der Waals surface area (Å²) < 4.78 is 50.3. The van der Waals surface area contributed by atoms with Crippen LogP contribution < -0.4 is 11.4 Å². The lowest BCUT2D eigenvalue weighted by molar-refractivity contribution is -0.0593. The number of aryl methyl sites for hydroxylation is 3. The van der Waals surface area contributed by atoms with Crippen LogP contribution in [0, 0.1) is 31.4 Å². The molecule has 1 N–H and O–H groups in total. The maximum absolute atomic E-state index is 16.2. The third kappa shape index (κ3) is 5.78. The summed E-state index contributed by atoms with van der Waals surface area (Å²) in [6.45, 7) is 10.2. The molecule has 1 saturated carbocycles. The summed E-state index contributed by atoms with van der Waals surface area (Å²) in [4.78, 5) is 52.8. The zero-order chi connectivity index (χ0) is 45.7. The smallest absolute Gasteiger partial charge is 0.376 e. The number of benzene rings is 2. The summed E-state index contributed by atoms with van der Waals surface area (Å²) in [6, 6.07) is 9.90. The molecular formula is C48H47F2N11O5. The van der Waals surface area contributed by atoms with E-state index in [1.165, 1.54) is 21.5 Å². The van der Waals surface area contributed by atoms with Gasteiger partial charge in [0.2, 0.25) is 0 Å². The van der Waals surface area contributed by atoms with E-state index in [1.807, 2.05) is 28.7 Å². The first-order valence-corrected chi connectivity index (χ1v) is 22.5. The van der Waals surface area contributed by atoms with Crippen molar-refractivity contribution in [3.63, 3.8) is 0 Å². The highest BCUT2D eigenvalue weighted by molar-refractivity contribution is 5.99. The van der Waals surface area contributed by atoms with Crippen molar-refractivity contribution in [2.75, 3.05) is 6.61 Å². The van der Waals surface area contributed by atoms with Crippen molar-refractivity contribution in [3.05, 3.63) is 133 Å². The Bertz CT molecular complexity index is 3450. The molecule has 9 heterocycles. The Labute approximate surface area is 375 Å². The minimum Gasteiger partial charge on any atom is -0.376 e. The number of imidazole rings is 1. The molecule has 6 aromatic heterocycles. The highest BCUT2D eigenvalue weighted by atomic mass is 19.1. The zero-order valence-electron chi connectivity index (χ0n) is 37.3. The number of hydrogen-bond donors (Lipinski definition) is 1. The SMILES string of the molecule is Cc1cc(-n2nc3c(c2-n2ccn(-c4ccc5c(cnn5C)c4F)c2=O)[C@@H]2CC[C@H](C3)N2C(=O)c2cc3cc(C4CCOC(C)(C)C4)cnc3n2[C@@]2(c3noc(=O)[nH]3)C[C@@H]2C)cc(C)c1F. The molecule has 0 spiro atoms. The molecule has 1 unspecified atom stereocenters. The Morgan fingerprint density at radius 1 is 0.955 bits per heavy atom. The first kappa shape index (κ1) is 40.6. The molecule has 2 bridgehead atoms. The van der Waals surface area contributed by atoms with Crippen LogP contribution in [-0.2, 0) is 23.7 Å². The summed E-state index contributed by atoms with van der Waals surface area (Å²) in [7, 11) is 1.72. The second-order valence-electron chi connectivity index (χ2n) is 19.4. The zero-order valence-corrected chi connectivity index (χ0v) is 37.3. The largest absolute Gasteiger partial charge is 0.438 e. The van der Waals surface area contributed by atoms with Crippen molar-refractivity contribution >= 4 is 27.8 Å². The van der Waals surface area contributed by atoms with Gasteiger partial charge in [0.25, 0.3) is 5.91 Å². The van der Waals surface area contributed by atoms with Gasteiger partial charge >= 0.3 is 11.4 Å². The summed E-state index contributed by atoms with van der Waals surface area (Å²) in [5, 5.41) is 14.6. The highest BCUT2D eigenvalue weighted by Crippen LogP contribution is 2.56. The average Bonchev–Trinajstić information content (AvgIpc) is 3.99. The second-order valence-corrected chi connectivity index (χ2v) is 19.4. The van der Waals surface area contributed by atoms with Crippen LogP contribution in [0.1, 0.15) is 109 Å². The molecule has 2 saturated heterocycles. The number of H-pyrrole nitrogens is 1. The number of aromatic amines is 1. The van der Waals surface area contributed by atoms with E-state index >= 15 is 13.6 Å². The summed E-state index contributed by atoms with van der Waals surface area (Å²) >= 11 is 0. The molecule has 4 aliphatic rings. The van der Waals surface area contributed by atoms with Gasteiger partial charge in [0, 0.05) is 55.7 Å². The van der Waals surface area contributed by atoms with E-state index in [1.54, 1.807) is 60.7 Å². The molecule has 2 aromatic carbocycles. The van der Waals surface area contributed by atoms with Crippen LogP contribution in [0.5, 0.6) is 0 Å². The number of amides is 1. The lowest BCUT2D eigenvalue weighted by atomic mass is 9.84. The normalized spacial score (nSPS) is 23.3. The van der Waals surface area contributed by atoms with Gasteiger partial charge in [-0.15, -0.1) is 0 Å². The molecular weight excluding hydrogens is 849 g/mol. The van der Waals surface area contributed by atoms with Gasteiger partial charge in [-0.25, -0.2) is 28.0 Å². The van der Waals surface area contributed by atoms with Crippen molar-refractivity contribution in [2.45, 2.75) is 102 Å². The number of fused-ring (bicyclic) bond motifs is 6. The molecule has 8 aromatic rings. The third-order valence-electron chi connectivity index (χ3n) is 14.8. The lowest BCUT2D eigenvalue weighted by Crippen LogP contribution is -2.43. The lowest BCUT2D eigenvalue weighted by Gasteiger charge is -2.35. The van der Waals surface area contributed by atoms with Crippen LogP contribution in [0.2, 0.25) is 0 Å². The van der Waals surface area contributed by atoms with Crippen LogP contribution in [0.15, 0.2) is 75.3 Å². The monoisotopic (exact) mass is 895 g/mol. The molecule has 5 atom stereocenters. The summed E-state index contributed by atoms with van der Waals surface area (Å²) in [5.74, 6) is -0.990. The van der Waals surface area contributed by atoms with E-state index in [0.29, 0.717) is 88.9 Å². The quantitative estimate of drug-likeness (QED) is 0.178. The molecule has 12 rings (SSSR count). The van der Waals surface area contributed by atoms with Crippen LogP contribution >= 0.6 is 0 Å². The molecule has 3 fully saturated rings. The van der Waals surface area contributed by atoms with Gasteiger partial charge in [-0.3, -0.25) is 28.1 Å².